The average Bonchev–Trinajstić information content (AvgIpc) is 2.79. The first kappa shape index (κ1) is 13.7. The van der Waals surface area contributed by atoms with Crippen LogP contribution in [0.5, 0.6) is 0 Å². The van der Waals surface area contributed by atoms with Crippen LogP contribution < -0.4 is 10.2 Å². The van der Waals surface area contributed by atoms with Crippen LogP contribution >= 0.6 is 15.9 Å². The molecule has 1 aromatic carbocycles. The Morgan fingerprint density at radius 2 is 2.25 bits per heavy atom. The highest BCUT2D eigenvalue weighted by Crippen LogP contribution is 2.29. The van der Waals surface area contributed by atoms with Crippen molar-refractivity contribution in [2.45, 2.75) is 19.1 Å². The van der Waals surface area contributed by atoms with Crippen molar-refractivity contribution in [3.8, 4) is 0 Å². The zero-order valence-electron chi connectivity index (χ0n) is 11.3. The molecule has 6 heteroatoms. The molecule has 2 N–H and O–H groups in total. The van der Waals surface area contributed by atoms with Gasteiger partial charge in [0.05, 0.1) is 12.1 Å². The van der Waals surface area contributed by atoms with Crippen molar-refractivity contribution in [2.24, 2.45) is 0 Å². The van der Waals surface area contributed by atoms with Gasteiger partial charge in [-0.15, -0.1) is 0 Å². The summed E-state index contributed by atoms with van der Waals surface area (Å²) in [6.45, 7) is 4.92. The Labute approximate surface area is 126 Å². The number of amides is 2. The van der Waals surface area contributed by atoms with Crippen molar-refractivity contribution in [3.05, 3.63) is 28.2 Å². The number of aliphatic hydroxyl groups is 1. The van der Waals surface area contributed by atoms with Gasteiger partial charge in [-0.3, -0.25) is 0 Å². The average molecular weight is 340 g/mol. The van der Waals surface area contributed by atoms with E-state index in [9.17, 15) is 9.90 Å². The Kier molecular flexibility index (Phi) is 3.60. The first-order valence-corrected chi connectivity index (χ1v) is 7.62. The molecular formula is C14H18BrN3O2. The molecule has 2 amide bonds. The van der Waals surface area contributed by atoms with E-state index in [2.05, 4.69) is 26.1 Å². The van der Waals surface area contributed by atoms with Gasteiger partial charge in [0, 0.05) is 36.3 Å². The minimum Gasteiger partial charge on any atom is -0.389 e. The molecule has 20 heavy (non-hydrogen) atoms. The van der Waals surface area contributed by atoms with E-state index >= 15 is 0 Å². The van der Waals surface area contributed by atoms with E-state index in [0.717, 1.165) is 41.9 Å². The molecule has 2 unspecified atom stereocenters. The lowest BCUT2D eigenvalue weighted by atomic mass is 10.1. The maximum absolute atomic E-state index is 11.6. The predicted octanol–water partition coefficient (Wildman–Crippen LogP) is 1.72. The second-order valence-corrected chi connectivity index (χ2v) is 6.22. The van der Waals surface area contributed by atoms with Crippen LogP contribution in [0.25, 0.3) is 0 Å². The molecule has 0 radical (unpaired) electrons. The standard InChI is InChI=1S/C14H18BrN3O2/c1-9(19)12-3-2-10(6-13(12)15)17-4-5-18-11(8-17)7-16-14(18)20/h2-3,6,9,11,19H,4-5,7-8H2,1H3,(H,16,20). The molecule has 2 heterocycles. The molecule has 5 nitrogen and oxygen atoms in total. The molecule has 0 saturated carbocycles. The number of benzene rings is 1. The Hall–Kier alpha value is -1.27. The normalized spacial score (nSPS) is 23.6. The first-order valence-electron chi connectivity index (χ1n) is 6.83. The fourth-order valence-electron chi connectivity index (χ4n) is 2.89. The summed E-state index contributed by atoms with van der Waals surface area (Å²) in [7, 11) is 0. The van der Waals surface area contributed by atoms with Gasteiger partial charge >= 0.3 is 6.03 Å². The minimum atomic E-state index is -0.480. The highest BCUT2D eigenvalue weighted by Gasteiger charge is 2.35. The summed E-state index contributed by atoms with van der Waals surface area (Å²) < 4.78 is 0.924. The second kappa shape index (κ2) is 5.26. The predicted molar refractivity (Wildman–Crippen MR) is 80.9 cm³/mol. The Morgan fingerprint density at radius 3 is 2.95 bits per heavy atom. The summed E-state index contributed by atoms with van der Waals surface area (Å²) in [4.78, 5) is 15.8. The summed E-state index contributed by atoms with van der Waals surface area (Å²) in [5.74, 6) is 0. The summed E-state index contributed by atoms with van der Waals surface area (Å²) in [6, 6.07) is 6.34. The molecule has 2 fully saturated rings. The second-order valence-electron chi connectivity index (χ2n) is 5.36. The zero-order chi connectivity index (χ0) is 14.3. The lowest BCUT2D eigenvalue weighted by Crippen LogP contribution is -2.52. The number of rotatable bonds is 2. The quantitative estimate of drug-likeness (QED) is 0.862. The van der Waals surface area contributed by atoms with E-state index in [1.807, 2.05) is 23.1 Å². The molecule has 1 aromatic rings. The largest absolute Gasteiger partial charge is 0.389 e. The van der Waals surface area contributed by atoms with E-state index < -0.39 is 6.10 Å². The van der Waals surface area contributed by atoms with Gasteiger partial charge in [-0.1, -0.05) is 22.0 Å². The van der Waals surface area contributed by atoms with Gasteiger partial charge in [0.25, 0.3) is 0 Å². The molecule has 108 valence electrons. The monoisotopic (exact) mass is 339 g/mol. The van der Waals surface area contributed by atoms with Crippen LogP contribution in [-0.2, 0) is 0 Å². The van der Waals surface area contributed by atoms with Crippen LogP contribution in [-0.4, -0.2) is 48.3 Å². The first-order chi connectivity index (χ1) is 9.56. The van der Waals surface area contributed by atoms with Gasteiger partial charge in [0.2, 0.25) is 0 Å². The number of carbonyl (C=O) groups is 1. The fourth-order valence-corrected chi connectivity index (χ4v) is 3.59. The highest BCUT2D eigenvalue weighted by molar-refractivity contribution is 9.10. The van der Waals surface area contributed by atoms with E-state index in [-0.39, 0.29) is 12.1 Å². The van der Waals surface area contributed by atoms with Crippen LogP contribution in [0.3, 0.4) is 0 Å². The maximum Gasteiger partial charge on any atom is 0.317 e. The number of nitrogens with one attached hydrogen (secondary N) is 1. The number of aliphatic hydroxyl groups excluding tert-OH is 1. The van der Waals surface area contributed by atoms with E-state index in [1.54, 1.807) is 6.92 Å². The molecule has 2 atom stereocenters. The molecule has 0 aliphatic carbocycles. The van der Waals surface area contributed by atoms with Crippen molar-refractivity contribution in [1.29, 1.82) is 0 Å². The number of fused-ring (bicyclic) bond motifs is 1. The van der Waals surface area contributed by atoms with Gasteiger partial charge in [0.1, 0.15) is 0 Å². The third-order valence-electron chi connectivity index (χ3n) is 4.03. The van der Waals surface area contributed by atoms with Crippen LogP contribution in [0.1, 0.15) is 18.6 Å². The van der Waals surface area contributed by atoms with Crippen molar-refractivity contribution < 1.29 is 9.90 Å². The number of nitrogens with zero attached hydrogens (tertiary/aromatic N) is 2. The number of carbonyl (C=O) groups excluding carboxylic acids is 1. The van der Waals surface area contributed by atoms with E-state index in [1.165, 1.54) is 0 Å². The van der Waals surface area contributed by atoms with Crippen molar-refractivity contribution >= 4 is 27.6 Å². The van der Waals surface area contributed by atoms with Gasteiger partial charge in [-0.2, -0.15) is 0 Å². The number of halogens is 1. The lowest BCUT2D eigenvalue weighted by molar-refractivity contribution is 0.197. The van der Waals surface area contributed by atoms with Crippen LogP contribution in [0, 0.1) is 0 Å². The number of urea groups is 1. The molecule has 0 spiro atoms. The summed E-state index contributed by atoms with van der Waals surface area (Å²) in [5, 5.41) is 12.5. The summed E-state index contributed by atoms with van der Waals surface area (Å²) in [6.07, 6.45) is -0.480. The van der Waals surface area contributed by atoms with E-state index in [0.29, 0.717) is 0 Å². The number of anilines is 1. The molecule has 2 aliphatic rings. The molecule has 3 rings (SSSR count). The Morgan fingerprint density at radius 1 is 1.45 bits per heavy atom. The summed E-state index contributed by atoms with van der Waals surface area (Å²) >= 11 is 3.52. The Balaban J connectivity index is 1.77. The van der Waals surface area contributed by atoms with Gasteiger partial charge in [0.15, 0.2) is 0 Å². The third kappa shape index (κ3) is 2.38. The molecule has 0 aromatic heterocycles. The summed E-state index contributed by atoms with van der Waals surface area (Å²) in [5.41, 5.74) is 2.02. The number of hydrogen-bond donors (Lipinski definition) is 2. The molecule has 0 bridgehead atoms. The highest BCUT2D eigenvalue weighted by atomic mass is 79.9. The lowest BCUT2D eigenvalue weighted by Gasteiger charge is -2.38. The molecule has 2 aliphatic heterocycles. The smallest absolute Gasteiger partial charge is 0.317 e. The third-order valence-corrected chi connectivity index (χ3v) is 4.72. The van der Waals surface area contributed by atoms with Crippen LogP contribution in [0.4, 0.5) is 10.5 Å². The van der Waals surface area contributed by atoms with Crippen molar-refractivity contribution in [2.75, 3.05) is 31.1 Å². The maximum atomic E-state index is 11.6. The molecular weight excluding hydrogens is 322 g/mol. The van der Waals surface area contributed by atoms with E-state index in [4.69, 9.17) is 0 Å². The van der Waals surface area contributed by atoms with Crippen LogP contribution in [0.15, 0.2) is 22.7 Å². The minimum absolute atomic E-state index is 0.0558. The van der Waals surface area contributed by atoms with Gasteiger partial charge < -0.3 is 20.2 Å². The zero-order valence-corrected chi connectivity index (χ0v) is 12.9. The SMILES string of the molecule is CC(O)c1ccc(N2CCN3C(=O)NCC3C2)cc1Br. The molecule has 2 saturated heterocycles. The number of piperazine rings is 1. The Bertz CT molecular complexity index is 535. The van der Waals surface area contributed by atoms with Crippen molar-refractivity contribution in [3.63, 3.8) is 0 Å². The van der Waals surface area contributed by atoms with Crippen LogP contribution in [0.2, 0.25) is 0 Å². The van der Waals surface area contributed by atoms with Gasteiger partial charge in [-0.05, 0) is 24.6 Å². The van der Waals surface area contributed by atoms with Crippen molar-refractivity contribution in [1.82, 2.24) is 10.2 Å². The number of hydrogen-bond acceptors (Lipinski definition) is 3. The topological polar surface area (TPSA) is 55.8 Å². The van der Waals surface area contributed by atoms with Gasteiger partial charge in [-0.25, -0.2) is 4.79 Å². The fraction of sp³-hybridized carbons (Fsp3) is 0.500.